The van der Waals surface area contributed by atoms with Crippen LogP contribution in [0.25, 0.3) is 11.6 Å². The number of nitrogens with two attached hydrogens (primary N) is 1. The quantitative estimate of drug-likeness (QED) is 0.667. The fourth-order valence-corrected chi connectivity index (χ4v) is 3.35. The predicted octanol–water partition coefficient (Wildman–Crippen LogP) is 3.60. The zero-order valence-corrected chi connectivity index (χ0v) is 14.6. The Balaban J connectivity index is 1.63. The lowest BCUT2D eigenvalue weighted by Gasteiger charge is -2.06. The minimum absolute atomic E-state index is 0.0477. The topological polar surface area (TPSA) is 113 Å². The van der Waals surface area contributed by atoms with Gasteiger partial charge in [-0.1, -0.05) is 18.2 Å². The van der Waals surface area contributed by atoms with Crippen molar-refractivity contribution in [3.05, 3.63) is 52.2 Å². The van der Waals surface area contributed by atoms with Crippen LogP contribution in [0.2, 0.25) is 0 Å². The number of nitrogens with one attached hydrogen (secondary N) is 1. The molecule has 0 amide bonds. The van der Waals surface area contributed by atoms with Crippen LogP contribution in [0.1, 0.15) is 35.3 Å². The summed E-state index contributed by atoms with van der Waals surface area (Å²) in [5.41, 5.74) is 7.65. The van der Waals surface area contributed by atoms with Gasteiger partial charge in [-0.25, -0.2) is 4.98 Å². The van der Waals surface area contributed by atoms with Gasteiger partial charge in [-0.15, -0.1) is 11.3 Å². The summed E-state index contributed by atoms with van der Waals surface area (Å²) in [5.74, 6) is 1.14. The van der Waals surface area contributed by atoms with Crippen LogP contribution < -0.4 is 11.1 Å². The molecule has 1 aromatic carbocycles. The van der Waals surface area contributed by atoms with Crippen LogP contribution in [-0.4, -0.2) is 19.9 Å². The average molecular weight is 361 g/mol. The van der Waals surface area contributed by atoms with E-state index in [4.69, 9.17) is 5.73 Å². The predicted molar refractivity (Wildman–Crippen MR) is 102 cm³/mol. The Hall–Kier alpha value is -3.31. The molecule has 0 aliphatic heterocycles. The largest absolute Gasteiger partial charge is 0.368 e. The highest BCUT2D eigenvalue weighted by Gasteiger charge is 2.26. The van der Waals surface area contributed by atoms with Crippen LogP contribution in [0.3, 0.4) is 0 Å². The minimum atomic E-state index is 0.0477. The van der Waals surface area contributed by atoms with E-state index in [0.29, 0.717) is 11.5 Å². The van der Waals surface area contributed by atoms with E-state index in [-0.39, 0.29) is 17.7 Å². The number of hydrogen-bond acceptors (Lipinski definition) is 8. The van der Waals surface area contributed by atoms with Crippen molar-refractivity contribution in [2.75, 3.05) is 11.1 Å². The maximum atomic E-state index is 9.54. The van der Waals surface area contributed by atoms with Crippen molar-refractivity contribution in [2.45, 2.75) is 18.8 Å². The zero-order chi connectivity index (χ0) is 17.9. The molecule has 1 fully saturated rings. The third-order valence-corrected chi connectivity index (χ3v) is 4.83. The van der Waals surface area contributed by atoms with Crippen molar-refractivity contribution >= 4 is 40.6 Å². The van der Waals surface area contributed by atoms with Crippen molar-refractivity contribution in [3.63, 3.8) is 0 Å². The number of aromatic nitrogens is 4. The first-order valence-electron chi connectivity index (χ1n) is 8.12. The molecule has 0 bridgehead atoms. The Morgan fingerprint density at radius 3 is 2.73 bits per heavy atom. The average Bonchev–Trinajstić information content (AvgIpc) is 3.39. The molecular formula is C18H15N7S. The molecular weight excluding hydrogens is 346 g/mol. The monoisotopic (exact) mass is 361 g/mol. The number of para-hydroxylation sites is 1. The first kappa shape index (κ1) is 16.2. The van der Waals surface area contributed by atoms with E-state index in [2.05, 4.69) is 31.3 Å². The maximum absolute atomic E-state index is 9.54. The van der Waals surface area contributed by atoms with Crippen molar-refractivity contribution in [1.82, 2.24) is 19.9 Å². The van der Waals surface area contributed by atoms with Gasteiger partial charge >= 0.3 is 0 Å². The minimum Gasteiger partial charge on any atom is -0.368 e. The van der Waals surface area contributed by atoms with Gasteiger partial charge in [0.05, 0.1) is 16.3 Å². The lowest BCUT2D eigenvalue weighted by Crippen LogP contribution is -2.06. The molecule has 1 saturated carbocycles. The van der Waals surface area contributed by atoms with Crippen LogP contribution in [-0.2, 0) is 0 Å². The van der Waals surface area contributed by atoms with Gasteiger partial charge in [-0.2, -0.15) is 20.2 Å². The molecule has 8 heteroatoms. The van der Waals surface area contributed by atoms with E-state index >= 15 is 0 Å². The zero-order valence-electron chi connectivity index (χ0n) is 13.8. The summed E-state index contributed by atoms with van der Waals surface area (Å²) >= 11 is 1.62. The number of allylic oxidation sites excluding steroid dienone is 1. The number of benzene rings is 1. The molecule has 2 heterocycles. The number of hydrogen-bond donors (Lipinski definition) is 2. The fraction of sp³-hybridized carbons (Fsp3) is 0.167. The lowest BCUT2D eigenvalue weighted by atomic mass is 10.2. The molecule has 3 N–H and O–H groups in total. The van der Waals surface area contributed by atoms with Gasteiger partial charge < -0.3 is 11.1 Å². The third-order valence-electron chi connectivity index (χ3n) is 3.80. The first-order chi connectivity index (χ1) is 12.7. The molecule has 128 valence electrons. The molecule has 0 saturated heterocycles. The number of rotatable bonds is 5. The fourth-order valence-electron chi connectivity index (χ4n) is 2.40. The third kappa shape index (κ3) is 3.68. The first-order valence-corrected chi connectivity index (χ1v) is 9.00. The molecule has 3 aromatic rings. The van der Waals surface area contributed by atoms with Crippen molar-refractivity contribution in [2.24, 2.45) is 0 Å². The van der Waals surface area contributed by atoms with Crippen LogP contribution >= 0.6 is 11.3 Å². The Morgan fingerprint density at radius 2 is 2.00 bits per heavy atom. The highest BCUT2D eigenvalue weighted by atomic mass is 32.1. The van der Waals surface area contributed by atoms with Gasteiger partial charge in [0.1, 0.15) is 6.07 Å². The molecule has 0 atom stereocenters. The second-order valence-corrected chi connectivity index (χ2v) is 6.78. The van der Waals surface area contributed by atoms with Crippen molar-refractivity contribution in [3.8, 4) is 6.07 Å². The number of nitriles is 1. The van der Waals surface area contributed by atoms with E-state index in [1.165, 1.54) is 12.8 Å². The van der Waals surface area contributed by atoms with Crippen LogP contribution in [0.15, 0.2) is 35.7 Å². The molecule has 0 spiro atoms. The molecule has 2 aromatic heterocycles. The Morgan fingerprint density at radius 1 is 1.19 bits per heavy atom. The molecule has 26 heavy (non-hydrogen) atoms. The summed E-state index contributed by atoms with van der Waals surface area (Å²) < 4.78 is 0. The summed E-state index contributed by atoms with van der Waals surface area (Å²) in [4.78, 5) is 17.1. The number of thiazole rings is 1. The maximum Gasteiger partial charge on any atom is 0.232 e. The Bertz CT molecular complexity index is 1000. The van der Waals surface area contributed by atoms with Gasteiger partial charge in [0.25, 0.3) is 0 Å². The summed E-state index contributed by atoms with van der Waals surface area (Å²) in [7, 11) is 0. The molecule has 1 aliphatic rings. The summed E-state index contributed by atoms with van der Waals surface area (Å²) in [6, 6.07) is 11.6. The SMILES string of the molecule is N#CC(=Cc1csc(C2CC2)n1)c1nc(N)nc(Nc2ccccc2)n1. The molecule has 0 radical (unpaired) electrons. The van der Waals surface area contributed by atoms with Crippen LogP contribution in [0.4, 0.5) is 17.6 Å². The lowest BCUT2D eigenvalue weighted by molar-refractivity contribution is 1.04. The van der Waals surface area contributed by atoms with Crippen LogP contribution in [0.5, 0.6) is 0 Å². The van der Waals surface area contributed by atoms with Gasteiger partial charge in [-0.3, -0.25) is 0 Å². The van der Waals surface area contributed by atoms with E-state index in [0.717, 1.165) is 16.4 Å². The van der Waals surface area contributed by atoms with E-state index in [1.54, 1.807) is 17.4 Å². The number of anilines is 3. The molecule has 0 unspecified atom stereocenters. The van der Waals surface area contributed by atoms with Gasteiger partial charge in [-0.05, 0) is 31.1 Å². The molecule has 4 rings (SSSR count). The smallest absolute Gasteiger partial charge is 0.232 e. The van der Waals surface area contributed by atoms with Gasteiger partial charge in [0.15, 0.2) is 5.82 Å². The highest BCUT2D eigenvalue weighted by Crippen LogP contribution is 2.41. The Kier molecular flexibility index (Phi) is 4.29. The second-order valence-electron chi connectivity index (χ2n) is 5.89. The molecule has 7 nitrogen and oxygen atoms in total. The van der Waals surface area contributed by atoms with Crippen molar-refractivity contribution in [1.29, 1.82) is 5.26 Å². The summed E-state index contributed by atoms with van der Waals surface area (Å²) in [6.45, 7) is 0. The van der Waals surface area contributed by atoms with Gasteiger partial charge in [0.2, 0.25) is 11.9 Å². The van der Waals surface area contributed by atoms with E-state index in [9.17, 15) is 5.26 Å². The summed E-state index contributed by atoms with van der Waals surface area (Å²) in [6.07, 6.45) is 4.07. The van der Waals surface area contributed by atoms with Crippen molar-refractivity contribution < 1.29 is 0 Å². The van der Waals surface area contributed by atoms with Gasteiger partial charge in [0, 0.05) is 17.0 Å². The van der Waals surface area contributed by atoms with E-state index < -0.39 is 0 Å². The standard InChI is InChI=1S/C18H15N7S/c19-9-12(8-14-10-26-16(21-14)11-6-7-11)15-23-17(20)25-18(24-15)22-13-4-2-1-3-5-13/h1-5,8,10-11H,6-7H2,(H3,20,22,23,24,25). The summed E-state index contributed by atoms with van der Waals surface area (Å²) in [5, 5.41) is 15.7. The normalized spacial score (nSPS) is 14.0. The van der Waals surface area contributed by atoms with Crippen LogP contribution in [0, 0.1) is 11.3 Å². The highest BCUT2D eigenvalue weighted by molar-refractivity contribution is 7.09. The van der Waals surface area contributed by atoms with E-state index in [1.807, 2.05) is 35.7 Å². The molecule has 1 aliphatic carbocycles. The number of nitrogen functional groups attached to an aromatic ring is 1. The Labute approximate surface area is 154 Å². The second kappa shape index (κ2) is 6.90. The number of nitrogens with zero attached hydrogens (tertiary/aromatic N) is 5.